The fourth-order valence-electron chi connectivity index (χ4n) is 4.07. The maximum atomic E-state index is 4.67. The van der Waals surface area contributed by atoms with E-state index in [0.717, 1.165) is 29.5 Å². The van der Waals surface area contributed by atoms with Crippen LogP contribution in [0.3, 0.4) is 0 Å². The molecule has 1 fully saturated rings. The van der Waals surface area contributed by atoms with Gasteiger partial charge in [-0.1, -0.05) is 6.07 Å². The van der Waals surface area contributed by atoms with E-state index >= 15 is 0 Å². The van der Waals surface area contributed by atoms with Gasteiger partial charge in [0.15, 0.2) is 5.82 Å². The van der Waals surface area contributed by atoms with Crippen molar-refractivity contribution in [1.82, 2.24) is 35.2 Å². The first-order valence-corrected chi connectivity index (χ1v) is 12.2. The quantitative estimate of drug-likeness (QED) is 0.434. The number of nitrogens with zero attached hydrogens (tertiary/aromatic N) is 7. The number of thiazole rings is 1. The lowest BCUT2D eigenvalue weighted by atomic mass is 10.1. The van der Waals surface area contributed by atoms with Gasteiger partial charge in [-0.25, -0.2) is 29.9 Å². The molecular formula is C24H27N9S. The van der Waals surface area contributed by atoms with Gasteiger partial charge in [0.2, 0.25) is 0 Å². The van der Waals surface area contributed by atoms with Gasteiger partial charge < -0.3 is 15.5 Å². The zero-order chi connectivity index (χ0) is 23.5. The van der Waals surface area contributed by atoms with Crippen LogP contribution < -0.4 is 15.5 Å². The van der Waals surface area contributed by atoms with Crippen LogP contribution in [0.1, 0.15) is 30.4 Å². The first kappa shape index (κ1) is 22.3. The summed E-state index contributed by atoms with van der Waals surface area (Å²) in [6.45, 7) is 8.36. The van der Waals surface area contributed by atoms with E-state index in [2.05, 4.69) is 59.3 Å². The molecule has 0 radical (unpaired) electrons. The van der Waals surface area contributed by atoms with Crippen molar-refractivity contribution >= 4 is 28.0 Å². The Morgan fingerprint density at radius 3 is 2.53 bits per heavy atom. The van der Waals surface area contributed by atoms with E-state index in [1.54, 1.807) is 23.7 Å². The highest BCUT2D eigenvalue weighted by atomic mass is 32.1. The lowest BCUT2D eigenvalue weighted by Gasteiger charge is -2.36. The lowest BCUT2D eigenvalue weighted by molar-refractivity contribution is 0.408. The van der Waals surface area contributed by atoms with E-state index in [1.807, 2.05) is 43.5 Å². The molecule has 5 rings (SSSR count). The molecule has 0 spiro atoms. The zero-order valence-electron chi connectivity index (χ0n) is 19.4. The average molecular weight is 474 g/mol. The molecule has 0 unspecified atom stereocenters. The standard InChI is InChI=1S/C24H27N9S/c1-15-5-4-6-18(29-15)24-26-10-8-20(32-24)30-19-7-9-25-21(31-19)11-22-27-12-23(34-22)33-13-16(2)28-17(3)14-33/h4-10,12,16-17,28H,11,13-14H2,1-3H3,(H,25,26,30,31,32)/t16-,17+. The number of pyridine rings is 1. The summed E-state index contributed by atoms with van der Waals surface area (Å²) in [7, 11) is 0. The van der Waals surface area contributed by atoms with Gasteiger partial charge in [-0.2, -0.15) is 0 Å². The summed E-state index contributed by atoms with van der Waals surface area (Å²) in [4.78, 5) is 29.6. The molecule has 0 amide bonds. The van der Waals surface area contributed by atoms with Gasteiger partial charge in [0.05, 0.1) is 12.6 Å². The Balaban J connectivity index is 1.28. The van der Waals surface area contributed by atoms with Gasteiger partial charge >= 0.3 is 0 Å². The van der Waals surface area contributed by atoms with Crippen LogP contribution in [0, 0.1) is 6.92 Å². The molecule has 0 bridgehead atoms. The minimum Gasteiger partial charge on any atom is -0.359 e. The van der Waals surface area contributed by atoms with E-state index in [0.29, 0.717) is 41.8 Å². The van der Waals surface area contributed by atoms with Crippen molar-refractivity contribution in [3.05, 3.63) is 65.4 Å². The largest absolute Gasteiger partial charge is 0.359 e. The molecule has 1 aliphatic rings. The molecule has 10 heteroatoms. The van der Waals surface area contributed by atoms with Crippen LogP contribution in [0.25, 0.3) is 11.5 Å². The number of rotatable bonds is 6. The van der Waals surface area contributed by atoms with Crippen molar-refractivity contribution in [3.8, 4) is 11.5 Å². The Morgan fingerprint density at radius 1 is 0.971 bits per heavy atom. The lowest BCUT2D eigenvalue weighted by Crippen LogP contribution is -2.54. The zero-order valence-corrected chi connectivity index (χ0v) is 20.3. The van der Waals surface area contributed by atoms with E-state index < -0.39 is 0 Å². The number of anilines is 3. The average Bonchev–Trinajstić information content (AvgIpc) is 3.27. The molecule has 4 aromatic heterocycles. The van der Waals surface area contributed by atoms with Gasteiger partial charge in [0, 0.05) is 43.3 Å². The summed E-state index contributed by atoms with van der Waals surface area (Å²) < 4.78 is 0. The molecule has 0 saturated carbocycles. The molecule has 1 aliphatic heterocycles. The monoisotopic (exact) mass is 473 g/mol. The number of hydrogen-bond acceptors (Lipinski definition) is 10. The first-order valence-electron chi connectivity index (χ1n) is 11.3. The molecule has 34 heavy (non-hydrogen) atoms. The number of aryl methyl sites for hydroxylation is 1. The van der Waals surface area contributed by atoms with Gasteiger partial charge in [0.1, 0.15) is 33.2 Å². The maximum Gasteiger partial charge on any atom is 0.180 e. The second-order valence-electron chi connectivity index (χ2n) is 8.56. The normalized spacial score (nSPS) is 18.1. The fourth-order valence-corrected chi connectivity index (χ4v) is 5.01. The summed E-state index contributed by atoms with van der Waals surface area (Å²) in [5, 5.41) is 9.03. The Kier molecular flexibility index (Phi) is 6.41. The summed E-state index contributed by atoms with van der Waals surface area (Å²) in [5.41, 5.74) is 1.66. The Bertz CT molecular complexity index is 1260. The number of hydrogen-bond donors (Lipinski definition) is 2. The molecule has 1 saturated heterocycles. The van der Waals surface area contributed by atoms with Crippen molar-refractivity contribution in [2.75, 3.05) is 23.3 Å². The summed E-state index contributed by atoms with van der Waals surface area (Å²) in [5.74, 6) is 2.60. The van der Waals surface area contributed by atoms with E-state index in [1.165, 1.54) is 5.00 Å². The summed E-state index contributed by atoms with van der Waals surface area (Å²) in [6, 6.07) is 10.4. The maximum absolute atomic E-state index is 4.67. The summed E-state index contributed by atoms with van der Waals surface area (Å²) >= 11 is 1.71. The minimum absolute atomic E-state index is 0.462. The third-order valence-corrected chi connectivity index (χ3v) is 6.51. The number of nitrogens with one attached hydrogen (secondary N) is 2. The number of piperazine rings is 1. The highest BCUT2D eigenvalue weighted by molar-refractivity contribution is 7.15. The van der Waals surface area contributed by atoms with Crippen LogP contribution in [0.15, 0.2) is 48.9 Å². The van der Waals surface area contributed by atoms with Gasteiger partial charge in [-0.05, 0) is 45.0 Å². The third-order valence-electron chi connectivity index (χ3n) is 5.45. The Labute approximate surface area is 202 Å². The molecule has 0 aliphatic carbocycles. The minimum atomic E-state index is 0.462. The van der Waals surface area contributed by atoms with Crippen LogP contribution >= 0.6 is 11.3 Å². The summed E-state index contributed by atoms with van der Waals surface area (Å²) in [6.07, 6.45) is 6.02. The topological polar surface area (TPSA) is 105 Å². The molecule has 2 N–H and O–H groups in total. The SMILES string of the molecule is Cc1cccc(-c2nccc(Nc3ccnc(Cc4ncc(N5C[C@@H](C)N[C@@H](C)C5)s4)n3)n2)n1. The van der Waals surface area contributed by atoms with Crippen molar-refractivity contribution < 1.29 is 0 Å². The Hall–Kier alpha value is -3.50. The van der Waals surface area contributed by atoms with Gasteiger partial charge in [0.25, 0.3) is 0 Å². The molecule has 2 atom stereocenters. The Morgan fingerprint density at radius 2 is 1.74 bits per heavy atom. The van der Waals surface area contributed by atoms with Crippen LogP contribution in [0.4, 0.5) is 16.6 Å². The molecule has 174 valence electrons. The molecular weight excluding hydrogens is 446 g/mol. The van der Waals surface area contributed by atoms with Crippen molar-refractivity contribution in [3.63, 3.8) is 0 Å². The van der Waals surface area contributed by atoms with E-state index in [4.69, 9.17) is 0 Å². The predicted molar refractivity (Wildman–Crippen MR) is 135 cm³/mol. The van der Waals surface area contributed by atoms with Crippen molar-refractivity contribution in [2.45, 2.75) is 39.3 Å². The third kappa shape index (κ3) is 5.35. The van der Waals surface area contributed by atoms with Gasteiger partial charge in [-0.15, -0.1) is 11.3 Å². The molecule has 9 nitrogen and oxygen atoms in total. The van der Waals surface area contributed by atoms with Crippen LogP contribution in [0.5, 0.6) is 0 Å². The fraction of sp³-hybridized carbons (Fsp3) is 0.333. The smallest absolute Gasteiger partial charge is 0.180 e. The predicted octanol–water partition coefficient (Wildman–Crippen LogP) is 3.61. The van der Waals surface area contributed by atoms with Crippen LogP contribution in [-0.4, -0.2) is 55.1 Å². The first-order chi connectivity index (χ1) is 16.5. The molecule has 0 aromatic carbocycles. The van der Waals surface area contributed by atoms with Crippen LogP contribution in [0.2, 0.25) is 0 Å². The molecule has 4 aromatic rings. The highest BCUT2D eigenvalue weighted by Gasteiger charge is 2.22. The van der Waals surface area contributed by atoms with Crippen molar-refractivity contribution in [1.29, 1.82) is 0 Å². The second-order valence-corrected chi connectivity index (χ2v) is 9.65. The van der Waals surface area contributed by atoms with Gasteiger partial charge in [-0.3, -0.25) is 0 Å². The second kappa shape index (κ2) is 9.78. The van der Waals surface area contributed by atoms with Crippen LogP contribution in [-0.2, 0) is 6.42 Å². The number of aromatic nitrogens is 6. The van der Waals surface area contributed by atoms with E-state index in [9.17, 15) is 0 Å². The van der Waals surface area contributed by atoms with E-state index in [-0.39, 0.29) is 0 Å². The molecule has 5 heterocycles. The van der Waals surface area contributed by atoms with Crippen molar-refractivity contribution in [2.24, 2.45) is 0 Å². The highest BCUT2D eigenvalue weighted by Crippen LogP contribution is 2.27.